The first-order chi connectivity index (χ1) is 12.7. The van der Waals surface area contributed by atoms with E-state index in [9.17, 15) is 0 Å². The van der Waals surface area contributed by atoms with Crippen LogP contribution in [0, 0.1) is 12.8 Å². The van der Waals surface area contributed by atoms with Crippen molar-refractivity contribution in [3.63, 3.8) is 0 Å². The van der Waals surface area contributed by atoms with Crippen molar-refractivity contribution in [2.75, 3.05) is 12.3 Å². The molecule has 0 aliphatic carbocycles. The molecule has 3 aromatic rings. The first kappa shape index (κ1) is 18.3. The van der Waals surface area contributed by atoms with Crippen LogP contribution >= 0.6 is 15.9 Å². The topological polar surface area (TPSA) is 66.0 Å². The maximum Gasteiger partial charge on any atom is 0.154 e. The number of nitrogens with two attached hydrogens (primary N) is 1. The van der Waals surface area contributed by atoms with E-state index in [1.807, 2.05) is 12.1 Å². The Morgan fingerprint density at radius 1 is 1.26 bits per heavy atom. The van der Waals surface area contributed by atoms with Crippen LogP contribution in [0.3, 0.4) is 0 Å². The molecule has 0 saturated heterocycles. The minimum atomic E-state index is 0.0108. The predicted octanol–water partition coefficient (Wildman–Crippen LogP) is 4.63. The van der Waals surface area contributed by atoms with Gasteiger partial charge in [0.05, 0.1) is 17.6 Å². The van der Waals surface area contributed by atoms with Gasteiger partial charge in [0, 0.05) is 35.7 Å². The molecule has 0 fully saturated rings. The number of hydrogen-bond donors (Lipinski definition) is 1. The first-order valence-corrected chi connectivity index (χ1v) is 10.1. The highest BCUT2D eigenvalue weighted by Gasteiger charge is 2.26. The monoisotopic (exact) mass is 428 g/mol. The van der Waals surface area contributed by atoms with E-state index in [0.29, 0.717) is 12.5 Å². The largest absolute Gasteiger partial charge is 0.490 e. The zero-order valence-electron chi connectivity index (χ0n) is 16.2. The Labute approximate surface area is 168 Å². The lowest BCUT2D eigenvalue weighted by Crippen LogP contribution is -2.17. The highest BCUT2D eigenvalue weighted by Crippen LogP contribution is 2.33. The van der Waals surface area contributed by atoms with E-state index in [1.54, 1.807) is 0 Å². The zero-order valence-corrected chi connectivity index (χ0v) is 17.8. The van der Waals surface area contributed by atoms with Crippen molar-refractivity contribution >= 4 is 32.7 Å². The van der Waals surface area contributed by atoms with Crippen molar-refractivity contribution in [2.45, 2.75) is 46.1 Å². The van der Waals surface area contributed by atoms with Gasteiger partial charge in [0.2, 0.25) is 0 Å². The number of anilines is 1. The van der Waals surface area contributed by atoms with Gasteiger partial charge in [-0.25, -0.2) is 9.97 Å². The van der Waals surface area contributed by atoms with Gasteiger partial charge in [0.15, 0.2) is 5.75 Å². The lowest BCUT2D eigenvalue weighted by molar-refractivity contribution is 0.243. The van der Waals surface area contributed by atoms with E-state index in [-0.39, 0.29) is 5.41 Å². The van der Waals surface area contributed by atoms with Gasteiger partial charge in [-0.1, -0.05) is 20.8 Å². The van der Waals surface area contributed by atoms with E-state index < -0.39 is 0 Å². The van der Waals surface area contributed by atoms with Crippen LogP contribution in [0.4, 0.5) is 5.69 Å². The quantitative estimate of drug-likeness (QED) is 0.487. The van der Waals surface area contributed by atoms with Crippen LogP contribution in [0.15, 0.2) is 28.9 Å². The third kappa shape index (κ3) is 3.43. The number of pyridine rings is 1. The number of fused-ring (bicyclic) bond motifs is 3. The molecule has 2 aromatic heterocycles. The average Bonchev–Trinajstić information content (AvgIpc) is 3.09. The van der Waals surface area contributed by atoms with Gasteiger partial charge >= 0.3 is 0 Å². The molecule has 1 aliphatic rings. The summed E-state index contributed by atoms with van der Waals surface area (Å²) in [4.78, 5) is 9.43. The third-order valence-corrected chi connectivity index (χ3v) is 5.65. The summed E-state index contributed by atoms with van der Waals surface area (Å²) in [6, 6.07) is 8.05. The van der Waals surface area contributed by atoms with Crippen LogP contribution in [0.5, 0.6) is 5.75 Å². The molecule has 0 unspecified atom stereocenters. The average molecular weight is 429 g/mol. The van der Waals surface area contributed by atoms with Gasteiger partial charge in [-0.2, -0.15) is 0 Å². The van der Waals surface area contributed by atoms with Crippen molar-refractivity contribution in [3.8, 4) is 5.75 Å². The van der Waals surface area contributed by atoms with Gasteiger partial charge in [-0.05, 0) is 52.7 Å². The Morgan fingerprint density at radius 2 is 2.04 bits per heavy atom. The third-order valence-electron chi connectivity index (χ3n) is 5.11. The number of benzene rings is 1. The smallest absolute Gasteiger partial charge is 0.154 e. The fraction of sp³-hybridized carbons (Fsp3) is 0.429. The molecule has 0 saturated carbocycles. The Hall–Kier alpha value is -2.08. The number of nitrogen functional groups attached to an aromatic ring is 1. The highest BCUT2D eigenvalue weighted by molar-refractivity contribution is 9.10. The minimum absolute atomic E-state index is 0.0108. The Morgan fingerprint density at radius 3 is 2.74 bits per heavy atom. The van der Waals surface area contributed by atoms with Crippen molar-refractivity contribution in [1.82, 2.24) is 14.5 Å². The van der Waals surface area contributed by atoms with Gasteiger partial charge in [-0.15, -0.1) is 0 Å². The Balaban J connectivity index is 1.48. The number of halogens is 1. The molecule has 2 N–H and O–H groups in total. The standard InChI is InChI=1S/C21H25BrN4O/c1-12-7-17(21(2,3)4)25-20(22)19(12)27-11-13-8-18-24-15-9-14(23)5-6-16(15)26(18)10-13/h5-7,9,13H,8,10-11,23H2,1-4H3/t13-/m0/s1. The Kier molecular flexibility index (Phi) is 4.41. The summed E-state index contributed by atoms with van der Waals surface area (Å²) in [7, 11) is 0. The van der Waals surface area contributed by atoms with Gasteiger partial charge in [0.1, 0.15) is 10.4 Å². The van der Waals surface area contributed by atoms with Crippen LogP contribution in [-0.2, 0) is 18.4 Å². The van der Waals surface area contributed by atoms with Gasteiger partial charge < -0.3 is 15.0 Å². The molecule has 0 spiro atoms. The maximum atomic E-state index is 6.18. The molecule has 4 rings (SSSR count). The SMILES string of the molecule is Cc1cc(C(C)(C)C)nc(Br)c1OC[C@H]1Cc2nc3cc(N)ccc3n2C1. The van der Waals surface area contributed by atoms with E-state index in [0.717, 1.165) is 57.1 Å². The molecule has 0 radical (unpaired) electrons. The maximum absolute atomic E-state index is 6.18. The molecule has 6 heteroatoms. The van der Waals surface area contributed by atoms with Crippen LogP contribution < -0.4 is 10.5 Å². The predicted molar refractivity (Wildman–Crippen MR) is 112 cm³/mol. The fourth-order valence-corrected chi connectivity index (χ4v) is 4.25. The van der Waals surface area contributed by atoms with Gasteiger partial charge in [0.25, 0.3) is 0 Å². The number of ether oxygens (including phenoxy) is 1. The van der Waals surface area contributed by atoms with Crippen LogP contribution in [0.1, 0.15) is 37.9 Å². The van der Waals surface area contributed by atoms with Crippen molar-refractivity contribution in [3.05, 3.63) is 46.0 Å². The van der Waals surface area contributed by atoms with Crippen molar-refractivity contribution in [2.24, 2.45) is 5.92 Å². The summed E-state index contributed by atoms with van der Waals surface area (Å²) in [6.07, 6.45) is 0.915. The van der Waals surface area contributed by atoms with Crippen LogP contribution in [0.25, 0.3) is 11.0 Å². The van der Waals surface area contributed by atoms with Gasteiger partial charge in [-0.3, -0.25) is 0 Å². The molecule has 3 heterocycles. The normalized spacial score (nSPS) is 16.7. The molecule has 0 bridgehead atoms. The number of nitrogens with zero attached hydrogens (tertiary/aromatic N) is 3. The first-order valence-electron chi connectivity index (χ1n) is 9.27. The molecule has 142 valence electrons. The second-order valence-corrected chi connectivity index (χ2v) is 9.21. The summed E-state index contributed by atoms with van der Waals surface area (Å²) < 4.78 is 9.25. The summed E-state index contributed by atoms with van der Waals surface area (Å²) in [6.45, 7) is 10.1. The molecular formula is C21H25BrN4O. The van der Waals surface area contributed by atoms with Crippen molar-refractivity contribution in [1.29, 1.82) is 0 Å². The number of aryl methyl sites for hydroxylation is 1. The van der Waals surface area contributed by atoms with E-state index in [4.69, 9.17) is 20.4 Å². The molecule has 1 aliphatic heterocycles. The summed E-state index contributed by atoms with van der Waals surface area (Å²) in [5.74, 6) is 2.36. The van der Waals surface area contributed by atoms with E-state index in [1.165, 1.54) is 0 Å². The lowest BCUT2D eigenvalue weighted by atomic mass is 9.91. The molecule has 5 nitrogen and oxygen atoms in total. The summed E-state index contributed by atoms with van der Waals surface area (Å²) in [5, 5.41) is 0. The molecule has 1 atom stereocenters. The number of rotatable bonds is 3. The second kappa shape index (κ2) is 6.51. The minimum Gasteiger partial charge on any atom is -0.490 e. The summed E-state index contributed by atoms with van der Waals surface area (Å²) >= 11 is 3.59. The Bertz CT molecular complexity index is 996. The molecule has 1 aromatic carbocycles. The molecule has 0 amide bonds. The highest BCUT2D eigenvalue weighted by atomic mass is 79.9. The number of imidazole rings is 1. The van der Waals surface area contributed by atoms with Crippen LogP contribution in [0.2, 0.25) is 0 Å². The fourth-order valence-electron chi connectivity index (χ4n) is 3.63. The second-order valence-electron chi connectivity index (χ2n) is 8.46. The number of hydrogen-bond acceptors (Lipinski definition) is 4. The van der Waals surface area contributed by atoms with Crippen molar-refractivity contribution < 1.29 is 4.74 Å². The number of aromatic nitrogens is 3. The zero-order chi connectivity index (χ0) is 19.3. The molecular weight excluding hydrogens is 404 g/mol. The lowest BCUT2D eigenvalue weighted by Gasteiger charge is -2.21. The summed E-state index contributed by atoms with van der Waals surface area (Å²) in [5.41, 5.74) is 10.9. The van der Waals surface area contributed by atoms with E-state index >= 15 is 0 Å². The molecule has 27 heavy (non-hydrogen) atoms. The van der Waals surface area contributed by atoms with E-state index in [2.05, 4.69) is 60.3 Å². The van der Waals surface area contributed by atoms with Crippen LogP contribution in [-0.4, -0.2) is 21.1 Å².